The normalized spacial score (nSPS) is 10.5. The third-order valence-corrected chi connectivity index (χ3v) is 4.19. The fraction of sp³-hybridized carbons (Fsp3) is 0.538. The van der Waals surface area contributed by atoms with Crippen LogP contribution in [0.4, 0.5) is 5.13 Å². The van der Waals surface area contributed by atoms with Crippen molar-refractivity contribution in [2.75, 3.05) is 23.4 Å². The van der Waals surface area contributed by atoms with Crippen LogP contribution in [0.5, 0.6) is 0 Å². The van der Waals surface area contributed by atoms with E-state index in [4.69, 9.17) is 5.11 Å². The number of carbonyl (C=O) groups excluding carboxylic acids is 2. The first-order valence-corrected chi connectivity index (χ1v) is 8.73. The summed E-state index contributed by atoms with van der Waals surface area (Å²) in [5, 5.41) is 16.1. The second kappa shape index (κ2) is 9.42. The Morgan fingerprint density at radius 2 is 2.14 bits per heavy atom. The Bertz CT molecular complexity index is 531. The van der Waals surface area contributed by atoms with Crippen LogP contribution < -0.4 is 10.6 Å². The fourth-order valence-electron chi connectivity index (χ4n) is 1.34. The van der Waals surface area contributed by atoms with Crippen LogP contribution in [-0.4, -0.2) is 45.9 Å². The molecule has 0 aliphatic carbocycles. The molecule has 0 saturated carbocycles. The molecule has 122 valence electrons. The molecule has 0 aliphatic rings. The van der Waals surface area contributed by atoms with Gasteiger partial charge in [0.15, 0.2) is 5.13 Å². The lowest BCUT2D eigenvalue weighted by molar-refractivity contribution is -0.134. The summed E-state index contributed by atoms with van der Waals surface area (Å²) >= 11 is 2.53. The van der Waals surface area contributed by atoms with E-state index in [1.807, 2.05) is 0 Å². The average molecular weight is 345 g/mol. The quantitative estimate of drug-likeness (QED) is 0.581. The van der Waals surface area contributed by atoms with Crippen molar-refractivity contribution in [1.29, 1.82) is 0 Å². The Balaban J connectivity index is 2.29. The summed E-state index contributed by atoms with van der Waals surface area (Å²) in [6.45, 7) is 4.00. The third kappa shape index (κ3) is 7.41. The van der Waals surface area contributed by atoms with Crippen molar-refractivity contribution < 1.29 is 19.5 Å². The Labute approximate surface area is 136 Å². The van der Waals surface area contributed by atoms with Gasteiger partial charge in [0.1, 0.15) is 0 Å². The monoisotopic (exact) mass is 345 g/mol. The maximum absolute atomic E-state index is 11.7. The lowest BCUT2D eigenvalue weighted by atomic mass is 10.2. The number of amides is 2. The summed E-state index contributed by atoms with van der Waals surface area (Å²) in [6.07, 6.45) is 0.137. The van der Waals surface area contributed by atoms with Crippen molar-refractivity contribution in [3.63, 3.8) is 0 Å². The van der Waals surface area contributed by atoms with Crippen LogP contribution in [0.25, 0.3) is 0 Å². The van der Waals surface area contributed by atoms with Gasteiger partial charge in [-0.1, -0.05) is 13.8 Å². The minimum absolute atomic E-state index is 0.0286. The topological polar surface area (TPSA) is 108 Å². The van der Waals surface area contributed by atoms with Crippen LogP contribution in [-0.2, 0) is 20.8 Å². The Hall–Kier alpha value is -1.61. The molecular formula is C13H19N3O4S2. The van der Waals surface area contributed by atoms with Crippen LogP contribution in [0.3, 0.4) is 0 Å². The zero-order valence-corrected chi connectivity index (χ0v) is 14.1. The lowest BCUT2D eigenvalue weighted by Gasteiger charge is -2.04. The number of hydrogen-bond donors (Lipinski definition) is 3. The molecule has 2 amide bonds. The molecule has 1 rings (SSSR count). The third-order valence-electron chi connectivity index (χ3n) is 2.44. The van der Waals surface area contributed by atoms with Gasteiger partial charge < -0.3 is 15.7 Å². The molecule has 0 bridgehead atoms. The summed E-state index contributed by atoms with van der Waals surface area (Å²) in [5.74, 6) is -0.705. The highest BCUT2D eigenvalue weighted by Gasteiger charge is 2.11. The van der Waals surface area contributed by atoms with Crippen molar-refractivity contribution in [2.45, 2.75) is 20.3 Å². The lowest BCUT2D eigenvalue weighted by Crippen LogP contribution is -2.27. The van der Waals surface area contributed by atoms with Gasteiger partial charge in [-0.3, -0.25) is 14.4 Å². The molecule has 7 nitrogen and oxygen atoms in total. The number of carboxylic acid groups (broad SMARTS) is 1. The molecule has 9 heteroatoms. The Kier molecular flexibility index (Phi) is 7.89. The number of thiazole rings is 1. The molecule has 0 radical (unpaired) electrons. The molecule has 0 unspecified atom stereocenters. The van der Waals surface area contributed by atoms with Gasteiger partial charge in [0, 0.05) is 23.6 Å². The van der Waals surface area contributed by atoms with Crippen molar-refractivity contribution in [3.8, 4) is 0 Å². The molecule has 0 spiro atoms. The van der Waals surface area contributed by atoms with Crippen molar-refractivity contribution >= 4 is 46.0 Å². The van der Waals surface area contributed by atoms with Crippen LogP contribution >= 0.6 is 23.1 Å². The van der Waals surface area contributed by atoms with E-state index in [0.29, 0.717) is 23.1 Å². The van der Waals surface area contributed by atoms with Gasteiger partial charge in [0.05, 0.1) is 17.9 Å². The predicted octanol–water partition coefficient (Wildman–Crippen LogP) is 1.21. The molecule has 1 aromatic heterocycles. The second-order valence-electron chi connectivity index (χ2n) is 4.76. The number of thioether (sulfide) groups is 1. The summed E-state index contributed by atoms with van der Waals surface area (Å²) in [6, 6.07) is 0. The van der Waals surface area contributed by atoms with E-state index in [-0.39, 0.29) is 29.9 Å². The van der Waals surface area contributed by atoms with E-state index in [1.165, 1.54) is 23.1 Å². The van der Waals surface area contributed by atoms with E-state index in [2.05, 4.69) is 15.6 Å². The average Bonchev–Trinajstić information content (AvgIpc) is 2.84. The first-order chi connectivity index (χ1) is 10.4. The number of anilines is 1. The maximum atomic E-state index is 11.7. The summed E-state index contributed by atoms with van der Waals surface area (Å²) in [4.78, 5) is 37.7. The SMILES string of the molecule is CC(C)C(=O)Nc1nc(CC(=O)NCCSCC(=O)O)cs1. The molecule has 1 heterocycles. The molecular weight excluding hydrogens is 326 g/mol. The standard InChI is InChI=1S/C13H19N3O4S2/c1-8(2)12(20)16-13-15-9(6-22-13)5-10(17)14-3-4-21-7-11(18)19/h6,8H,3-5,7H2,1-2H3,(H,14,17)(H,18,19)(H,15,16,20). The minimum Gasteiger partial charge on any atom is -0.481 e. The van der Waals surface area contributed by atoms with Gasteiger partial charge in [-0.15, -0.1) is 23.1 Å². The molecule has 1 aromatic rings. The number of aliphatic carboxylic acids is 1. The van der Waals surface area contributed by atoms with Gasteiger partial charge >= 0.3 is 5.97 Å². The van der Waals surface area contributed by atoms with E-state index in [1.54, 1.807) is 19.2 Å². The van der Waals surface area contributed by atoms with Crippen LogP contribution in [0.2, 0.25) is 0 Å². The molecule has 0 aliphatic heterocycles. The number of rotatable bonds is 9. The minimum atomic E-state index is -0.866. The molecule has 0 atom stereocenters. The first kappa shape index (κ1) is 18.4. The Morgan fingerprint density at radius 3 is 2.77 bits per heavy atom. The van der Waals surface area contributed by atoms with Crippen molar-refractivity contribution in [1.82, 2.24) is 10.3 Å². The Morgan fingerprint density at radius 1 is 1.41 bits per heavy atom. The summed E-state index contributed by atoms with van der Waals surface area (Å²) in [7, 11) is 0. The van der Waals surface area contributed by atoms with E-state index in [9.17, 15) is 14.4 Å². The van der Waals surface area contributed by atoms with Gasteiger partial charge in [-0.05, 0) is 0 Å². The molecule has 3 N–H and O–H groups in total. The van der Waals surface area contributed by atoms with Gasteiger partial charge in [0.2, 0.25) is 11.8 Å². The largest absolute Gasteiger partial charge is 0.481 e. The van der Waals surface area contributed by atoms with E-state index in [0.717, 1.165) is 0 Å². The zero-order chi connectivity index (χ0) is 16.5. The van der Waals surface area contributed by atoms with Crippen LogP contribution in [0.1, 0.15) is 19.5 Å². The van der Waals surface area contributed by atoms with Crippen LogP contribution in [0.15, 0.2) is 5.38 Å². The van der Waals surface area contributed by atoms with Crippen LogP contribution in [0, 0.1) is 5.92 Å². The maximum Gasteiger partial charge on any atom is 0.313 e. The van der Waals surface area contributed by atoms with Gasteiger partial charge in [-0.2, -0.15) is 0 Å². The second-order valence-corrected chi connectivity index (χ2v) is 6.72. The number of nitrogens with one attached hydrogen (secondary N) is 2. The van der Waals surface area contributed by atoms with E-state index < -0.39 is 5.97 Å². The van der Waals surface area contributed by atoms with Gasteiger partial charge in [-0.25, -0.2) is 4.98 Å². The predicted molar refractivity (Wildman–Crippen MR) is 87.3 cm³/mol. The molecule has 0 fully saturated rings. The number of carboxylic acids is 1. The highest BCUT2D eigenvalue weighted by Crippen LogP contribution is 2.16. The van der Waals surface area contributed by atoms with Crippen molar-refractivity contribution in [3.05, 3.63) is 11.1 Å². The zero-order valence-electron chi connectivity index (χ0n) is 12.4. The van der Waals surface area contributed by atoms with Gasteiger partial charge in [0.25, 0.3) is 0 Å². The number of nitrogens with zero attached hydrogens (tertiary/aromatic N) is 1. The number of hydrogen-bond acceptors (Lipinski definition) is 6. The summed E-state index contributed by atoms with van der Waals surface area (Å²) in [5.41, 5.74) is 0.597. The molecule has 0 saturated heterocycles. The summed E-state index contributed by atoms with van der Waals surface area (Å²) < 4.78 is 0. The highest BCUT2D eigenvalue weighted by molar-refractivity contribution is 7.99. The smallest absolute Gasteiger partial charge is 0.313 e. The van der Waals surface area contributed by atoms with Crippen molar-refractivity contribution in [2.24, 2.45) is 5.92 Å². The van der Waals surface area contributed by atoms with E-state index >= 15 is 0 Å². The molecule has 22 heavy (non-hydrogen) atoms. The first-order valence-electron chi connectivity index (χ1n) is 6.70. The number of carbonyl (C=O) groups is 3. The highest BCUT2D eigenvalue weighted by atomic mass is 32.2. The number of aromatic nitrogens is 1. The fourth-order valence-corrected chi connectivity index (χ4v) is 2.62. The molecule has 0 aromatic carbocycles.